The average molecular weight is 273 g/mol. The number of nitro groups is 1. The lowest BCUT2D eigenvalue weighted by Gasteiger charge is -2.12. The molecule has 1 aromatic carbocycles. The molecule has 0 radical (unpaired) electrons. The van der Waals surface area contributed by atoms with Crippen molar-refractivity contribution in [1.82, 2.24) is 0 Å². The molecule has 0 saturated carbocycles. The van der Waals surface area contributed by atoms with Crippen LogP contribution in [0.3, 0.4) is 0 Å². The summed E-state index contributed by atoms with van der Waals surface area (Å²) in [4.78, 5) is 10.1. The molecule has 6 heteroatoms. The second-order valence-electron chi connectivity index (χ2n) is 4.03. The Morgan fingerprint density at radius 3 is 3.00 bits per heavy atom. The van der Waals surface area contributed by atoms with Crippen LogP contribution in [0.25, 0.3) is 0 Å². The van der Waals surface area contributed by atoms with Gasteiger partial charge in [-0.05, 0) is 29.9 Å². The number of nitrogens with zero attached hydrogens (tertiary/aromatic N) is 1. The summed E-state index contributed by atoms with van der Waals surface area (Å²) < 4.78 is 0. The maximum Gasteiger partial charge on any atom is 0.271 e. The summed E-state index contributed by atoms with van der Waals surface area (Å²) in [5, 5.41) is 14.2. The molecule has 1 unspecified atom stereocenters. The molecule has 17 heavy (non-hydrogen) atoms. The van der Waals surface area contributed by atoms with E-state index in [4.69, 9.17) is 11.6 Å². The number of nitro benzene ring substituents is 1. The van der Waals surface area contributed by atoms with Gasteiger partial charge in [-0.25, -0.2) is 0 Å². The van der Waals surface area contributed by atoms with Gasteiger partial charge in [0.15, 0.2) is 0 Å². The zero-order valence-electron chi connectivity index (χ0n) is 9.19. The van der Waals surface area contributed by atoms with Gasteiger partial charge in [-0.2, -0.15) is 11.8 Å². The van der Waals surface area contributed by atoms with E-state index >= 15 is 0 Å². The maximum atomic E-state index is 10.6. The summed E-state index contributed by atoms with van der Waals surface area (Å²) in [6.45, 7) is 0.879. The lowest BCUT2D eigenvalue weighted by atomic mass is 10.1. The van der Waals surface area contributed by atoms with Crippen LogP contribution < -0.4 is 5.32 Å². The van der Waals surface area contributed by atoms with Crippen LogP contribution in [0, 0.1) is 16.0 Å². The molecule has 0 spiro atoms. The van der Waals surface area contributed by atoms with Crippen molar-refractivity contribution in [2.45, 2.75) is 6.42 Å². The molecule has 0 amide bonds. The van der Waals surface area contributed by atoms with Gasteiger partial charge in [-0.3, -0.25) is 10.1 Å². The van der Waals surface area contributed by atoms with E-state index in [-0.39, 0.29) is 5.69 Å². The molecule has 1 N–H and O–H groups in total. The molecule has 1 heterocycles. The van der Waals surface area contributed by atoms with Crippen LogP contribution in [0.15, 0.2) is 18.2 Å². The summed E-state index contributed by atoms with van der Waals surface area (Å²) in [5.41, 5.74) is 0.797. The van der Waals surface area contributed by atoms with Gasteiger partial charge in [0.1, 0.15) is 0 Å². The standard InChI is InChI=1S/C11H13ClN2O2S/c12-10-5-9(14(15)16)1-2-11(10)13-6-8-3-4-17-7-8/h1-2,5,8,13H,3-4,6-7H2. The van der Waals surface area contributed by atoms with Crippen molar-refractivity contribution in [3.8, 4) is 0 Å². The third-order valence-corrected chi connectivity index (χ3v) is 4.31. The Morgan fingerprint density at radius 2 is 2.41 bits per heavy atom. The van der Waals surface area contributed by atoms with Crippen molar-refractivity contribution in [2.24, 2.45) is 5.92 Å². The van der Waals surface area contributed by atoms with Crippen molar-refractivity contribution in [1.29, 1.82) is 0 Å². The first-order valence-electron chi connectivity index (χ1n) is 5.42. The van der Waals surface area contributed by atoms with Crippen LogP contribution >= 0.6 is 23.4 Å². The summed E-state index contributed by atoms with van der Waals surface area (Å²) in [7, 11) is 0. The zero-order valence-corrected chi connectivity index (χ0v) is 10.8. The third kappa shape index (κ3) is 3.26. The molecule has 1 aromatic rings. The van der Waals surface area contributed by atoms with Gasteiger partial charge in [0.2, 0.25) is 0 Å². The number of hydrogen-bond donors (Lipinski definition) is 1. The van der Waals surface area contributed by atoms with Gasteiger partial charge in [0.25, 0.3) is 5.69 Å². The molecule has 4 nitrogen and oxygen atoms in total. The smallest absolute Gasteiger partial charge is 0.271 e. The number of non-ortho nitro benzene ring substituents is 1. The summed E-state index contributed by atoms with van der Waals surface area (Å²) in [6.07, 6.45) is 1.22. The van der Waals surface area contributed by atoms with Crippen LogP contribution in [0.2, 0.25) is 5.02 Å². The van der Waals surface area contributed by atoms with E-state index in [2.05, 4.69) is 5.32 Å². The number of rotatable bonds is 4. The Hall–Kier alpha value is -0.940. The molecule has 0 aromatic heterocycles. The molecule has 0 bridgehead atoms. The van der Waals surface area contributed by atoms with E-state index in [1.807, 2.05) is 11.8 Å². The highest BCUT2D eigenvalue weighted by Crippen LogP contribution is 2.28. The SMILES string of the molecule is O=[N+]([O-])c1ccc(NCC2CCSC2)c(Cl)c1. The van der Waals surface area contributed by atoms with Crippen LogP contribution in [0.5, 0.6) is 0 Å². The fourth-order valence-electron chi connectivity index (χ4n) is 1.76. The first kappa shape index (κ1) is 12.5. The molecular formula is C11H13ClN2O2S. The summed E-state index contributed by atoms with van der Waals surface area (Å²) >= 11 is 7.95. The molecule has 1 saturated heterocycles. The van der Waals surface area contributed by atoms with Crippen molar-refractivity contribution >= 4 is 34.7 Å². The number of anilines is 1. The van der Waals surface area contributed by atoms with Crippen molar-refractivity contribution < 1.29 is 4.92 Å². The first-order chi connectivity index (χ1) is 8.16. The van der Waals surface area contributed by atoms with Gasteiger partial charge in [0.05, 0.1) is 15.6 Å². The second-order valence-corrected chi connectivity index (χ2v) is 5.59. The second kappa shape index (κ2) is 5.60. The highest BCUT2D eigenvalue weighted by atomic mass is 35.5. The topological polar surface area (TPSA) is 55.2 Å². The Morgan fingerprint density at radius 1 is 1.59 bits per heavy atom. The molecule has 1 fully saturated rings. The first-order valence-corrected chi connectivity index (χ1v) is 6.95. The van der Waals surface area contributed by atoms with Crippen LogP contribution in [-0.2, 0) is 0 Å². The fourth-order valence-corrected chi connectivity index (χ4v) is 3.29. The maximum absolute atomic E-state index is 10.6. The minimum Gasteiger partial charge on any atom is -0.384 e. The van der Waals surface area contributed by atoms with E-state index in [0.29, 0.717) is 10.9 Å². The van der Waals surface area contributed by atoms with E-state index in [1.54, 1.807) is 6.07 Å². The zero-order chi connectivity index (χ0) is 12.3. The predicted octanol–water partition coefficient (Wildman–Crippen LogP) is 3.41. The monoisotopic (exact) mass is 272 g/mol. The molecule has 1 atom stereocenters. The molecule has 0 aliphatic carbocycles. The third-order valence-electron chi connectivity index (χ3n) is 2.77. The summed E-state index contributed by atoms with van der Waals surface area (Å²) in [5.74, 6) is 3.07. The largest absolute Gasteiger partial charge is 0.384 e. The van der Waals surface area contributed by atoms with E-state index in [0.717, 1.165) is 12.2 Å². The van der Waals surface area contributed by atoms with Crippen LogP contribution in [0.1, 0.15) is 6.42 Å². The highest BCUT2D eigenvalue weighted by Gasteiger charge is 2.16. The van der Waals surface area contributed by atoms with Crippen molar-refractivity contribution in [2.75, 3.05) is 23.4 Å². The predicted molar refractivity (Wildman–Crippen MR) is 72.0 cm³/mol. The average Bonchev–Trinajstić information content (AvgIpc) is 2.80. The van der Waals surface area contributed by atoms with Crippen molar-refractivity contribution in [3.63, 3.8) is 0 Å². The Kier molecular flexibility index (Phi) is 4.12. The quantitative estimate of drug-likeness (QED) is 0.674. The van der Waals surface area contributed by atoms with E-state index in [9.17, 15) is 10.1 Å². The fraction of sp³-hybridized carbons (Fsp3) is 0.455. The lowest BCUT2D eigenvalue weighted by molar-refractivity contribution is -0.384. The lowest BCUT2D eigenvalue weighted by Crippen LogP contribution is -2.13. The van der Waals surface area contributed by atoms with Gasteiger partial charge in [-0.1, -0.05) is 11.6 Å². The molecule has 2 rings (SSSR count). The molecule has 92 valence electrons. The highest BCUT2D eigenvalue weighted by molar-refractivity contribution is 7.99. The minimum absolute atomic E-state index is 0.0250. The number of benzene rings is 1. The summed E-state index contributed by atoms with van der Waals surface area (Å²) in [6, 6.07) is 4.52. The number of halogens is 1. The van der Waals surface area contributed by atoms with Gasteiger partial charge in [0, 0.05) is 18.7 Å². The van der Waals surface area contributed by atoms with Crippen LogP contribution in [-0.4, -0.2) is 23.0 Å². The van der Waals surface area contributed by atoms with Gasteiger partial charge < -0.3 is 5.32 Å². The number of thioether (sulfide) groups is 1. The van der Waals surface area contributed by atoms with Gasteiger partial charge in [-0.15, -0.1) is 0 Å². The number of nitrogens with one attached hydrogen (secondary N) is 1. The van der Waals surface area contributed by atoms with E-state index in [1.165, 1.54) is 30.1 Å². The Balaban J connectivity index is 1.98. The van der Waals surface area contributed by atoms with Crippen LogP contribution in [0.4, 0.5) is 11.4 Å². The molecule has 1 aliphatic rings. The molecule has 1 aliphatic heterocycles. The van der Waals surface area contributed by atoms with E-state index < -0.39 is 4.92 Å². The number of hydrogen-bond acceptors (Lipinski definition) is 4. The minimum atomic E-state index is -0.441. The normalized spacial score (nSPS) is 19.2. The van der Waals surface area contributed by atoms with Gasteiger partial charge >= 0.3 is 0 Å². The van der Waals surface area contributed by atoms with Crippen molar-refractivity contribution in [3.05, 3.63) is 33.3 Å². The Labute approximate surface area is 109 Å². The molecular weight excluding hydrogens is 260 g/mol. The Bertz CT molecular complexity index is 422.